The Bertz CT molecular complexity index is 502. The number of hydrogen-bond donors (Lipinski definition) is 1. The summed E-state index contributed by atoms with van der Waals surface area (Å²) in [4.78, 5) is 10.4. The highest BCUT2D eigenvalue weighted by Gasteiger charge is 2.27. The number of aryl methyl sites for hydroxylation is 1. The molecule has 1 saturated heterocycles. The topological polar surface area (TPSA) is 81.1 Å². The molecule has 1 fully saturated rings. The van der Waals surface area contributed by atoms with Crippen molar-refractivity contribution in [1.29, 1.82) is 0 Å². The summed E-state index contributed by atoms with van der Waals surface area (Å²) in [5, 5.41) is 4.77. The summed E-state index contributed by atoms with van der Waals surface area (Å²) in [5.74, 6) is 0.875. The van der Waals surface area contributed by atoms with Crippen molar-refractivity contribution in [2.75, 3.05) is 18.0 Å². The van der Waals surface area contributed by atoms with Crippen molar-refractivity contribution in [2.24, 2.45) is 5.73 Å². The zero-order valence-electron chi connectivity index (χ0n) is 8.34. The molecule has 2 N–H and O–H groups in total. The van der Waals surface area contributed by atoms with E-state index in [1.165, 1.54) is 6.33 Å². The molecule has 1 aliphatic rings. The normalized spacial score (nSPS) is 17.1. The summed E-state index contributed by atoms with van der Waals surface area (Å²) >= 11 is 0. The van der Waals surface area contributed by atoms with Crippen LogP contribution in [-0.2, 0) is 0 Å². The maximum absolute atomic E-state index is 5.74. The first kappa shape index (κ1) is 8.60. The van der Waals surface area contributed by atoms with Crippen molar-refractivity contribution in [1.82, 2.24) is 15.1 Å². The summed E-state index contributed by atoms with van der Waals surface area (Å²) in [6.07, 6.45) is 1.49. The van der Waals surface area contributed by atoms with Crippen LogP contribution in [0.15, 0.2) is 10.9 Å². The van der Waals surface area contributed by atoms with E-state index in [9.17, 15) is 0 Å². The molecule has 0 bridgehead atoms. The molecular weight excluding hydrogens is 194 g/mol. The maximum atomic E-state index is 5.74. The Morgan fingerprint density at radius 3 is 3.00 bits per heavy atom. The van der Waals surface area contributed by atoms with Crippen molar-refractivity contribution >= 4 is 16.9 Å². The van der Waals surface area contributed by atoms with Crippen molar-refractivity contribution in [3.8, 4) is 0 Å². The average molecular weight is 205 g/mol. The van der Waals surface area contributed by atoms with Crippen LogP contribution in [0.2, 0.25) is 0 Å². The Morgan fingerprint density at radius 2 is 2.27 bits per heavy atom. The summed E-state index contributed by atoms with van der Waals surface area (Å²) in [7, 11) is 0. The van der Waals surface area contributed by atoms with Crippen molar-refractivity contribution in [2.45, 2.75) is 13.0 Å². The Hall–Kier alpha value is -1.69. The van der Waals surface area contributed by atoms with E-state index in [1.54, 1.807) is 0 Å². The van der Waals surface area contributed by atoms with E-state index in [0.717, 1.165) is 30.0 Å². The first-order valence-corrected chi connectivity index (χ1v) is 4.83. The largest absolute Gasteiger partial charge is 0.353 e. The molecule has 2 aromatic heterocycles. The van der Waals surface area contributed by atoms with Crippen LogP contribution in [-0.4, -0.2) is 34.3 Å². The molecule has 0 saturated carbocycles. The monoisotopic (exact) mass is 205 g/mol. The zero-order chi connectivity index (χ0) is 10.4. The van der Waals surface area contributed by atoms with Gasteiger partial charge in [-0.1, -0.05) is 5.16 Å². The van der Waals surface area contributed by atoms with E-state index in [4.69, 9.17) is 10.3 Å². The smallest absolute Gasteiger partial charge is 0.263 e. The van der Waals surface area contributed by atoms with E-state index in [0.29, 0.717) is 5.71 Å². The fourth-order valence-electron chi connectivity index (χ4n) is 1.83. The maximum Gasteiger partial charge on any atom is 0.263 e. The summed E-state index contributed by atoms with van der Waals surface area (Å²) < 4.78 is 5.08. The molecule has 0 amide bonds. The lowest BCUT2D eigenvalue weighted by Crippen LogP contribution is -2.56. The second-order valence-corrected chi connectivity index (χ2v) is 3.81. The number of fused-ring (bicyclic) bond motifs is 1. The lowest BCUT2D eigenvalue weighted by atomic mass is 10.1. The van der Waals surface area contributed by atoms with E-state index >= 15 is 0 Å². The van der Waals surface area contributed by atoms with Gasteiger partial charge in [-0.15, -0.1) is 0 Å². The minimum absolute atomic E-state index is 0.246. The Kier molecular flexibility index (Phi) is 1.66. The van der Waals surface area contributed by atoms with Crippen LogP contribution >= 0.6 is 0 Å². The fourth-order valence-corrected chi connectivity index (χ4v) is 1.83. The van der Waals surface area contributed by atoms with Crippen LogP contribution in [0.5, 0.6) is 0 Å². The number of nitrogens with two attached hydrogens (primary N) is 1. The molecule has 78 valence electrons. The van der Waals surface area contributed by atoms with Gasteiger partial charge < -0.3 is 15.2 Å². The van der Waals surface area contributed by atoms with Crippen LogP contribution in [0.3, 0.4) is 0 Å². The van der Waals surface area contributed by atoms with E-state index < -0.39 is 0 Å². The predicted molar refractivity (Wildman–Crippen MR) is 54.5 cm³/mol. The van der Waals surface area contributed by atoms with Gasteiger partial charge >= 0.3 is 0 Å². The summed E-state index contributed by atoms with van der Waals surface area (Å²) in [6, 6.07) is 0.246. The molecule has 3 rings (SSSR count). The first-order chi connectivity index (χ1) is 7.25. The van der Waals surface area contributed by atoms with Crippen LogP contribution in [0.25, 0.3) is 11.1 Å². The van der Waals surface area contributed by atoms with Crippen LogP contribution in [0.1, 0.15) is 5.69 Å². The molecule has 3 heterocycles. The first-order valence-electron chi connectivity index (χ1n) is 4.83. The molecule has 0 aromatic carbocycles. The molecule has 6 heteroatoms. The third kappa shape index (κ3) is 1.18. The lowest BCUT2D eigenvalue weighted by Gasteiger charge is -2.37. The third-order valence-corrected chi connectivity index (χ3v) is 2.63. The quantitative estimate of drug-likeness (QED) is 0.709. The third-order valence-electron chi connectivity index (χ3n) is 2.63. The highest BCUT2D eigenvalue weighted by Crippen LogP contribution is 2.28. The van der Waals surface area contributed by atoms with Crippen LogP contribution < -0.4 is 10.6 Å². The van der Waals surface area contributed by atoms with Gasteiger partial charge in [0.05, 0.1) is 5.69 Å². The minimum Gasteiger partial charge on any atom is -0.353 e. The molecule has 6 nitrogen and oxygen atoms in total. The van der Waals surface area contributed by atoms with Crippen LogP contribution in [0.4, 0.5) is 5.82 Å². The van der Waals surface area contributed by atoms with Gasteiger partial charge in [0.1, 0.15) is 17.5 Å². The van der Waals surface area contributed by atoms with E-state index in [-0.39, 0.29) is 6.04 Å². The van der Waals surface area contributed by atoms with Gasteiger partial charge in [0, 0.05) is 19.1 Å². The molecule has 2 aromatic rings. The summed E-state index contributed by atoms with van der Waals surface area (Å²) in [5.41, 5.74) is 7.10. The van der Waals surface area contributed by atoms with Gasteiger partial charge in [-0.25, -0.2) is 4.98 Å². The molecular formula is C9H11N5O. The Labute approximate surface area is 86.1 Å². The van der Waals surface area contributed by atoms with Crippen molar-refractivity contribution < 1.29 is 4.52 Å². The van der Waals surface area contributed by atoms with Crippen molar-refractivity contribution in [3.63, 3.8) is 0 Å². The highest BCUT2D eigenvalue weighted by atomic mass is 16.5. The molecule has 0 aliphatic carbocycles. The number of anilines is 1. The SMILES string of the molecule is Cc1noc2ncnc(N3CC(N)C3)c12. The molecule has 15 heavy (non-hydrogen) atoms. The minimum atomic E-state index is 0.246. The molecule has 0 spiro atoms. The van der Waals surface area contributed by atoms with Gasteiger partial charge in [-0.2, -0.15) is 4.98 Å². The van der Waals surface area contributed by atoms with Gasteiger partial charge in [0.15, 0.2) is 0 Å². The second kappa shape index (κ2) is 2.90. The lowest BCUT2D eigenvalue weighted by molar-refractivity contribution is 0.442. The number of aromatic nitrogens is 3. The van der Waals surface area contributed by atoms with Crippen LogP contribution in [0, 0.1) is 6.92 Å². The fraction of sp³-hybridized carbons (Fsp3) is 0.444. The van der Waals surface area contributed by atoms with Gasteiger partial charge in [0.25, 0.3) is 5.71 Å². The Morgan fingerprint density at radius 1 is 1.47 bits per heavy atom. The van der Waals surface area contributed by atoms with Gasteiger partial charge in [-0.05, 0) is 6.92 Å². The van der Waals surface area contributed by atoms with Gasteiger partial charge in [-0.3, -0.25) is 0 Å². The van der Waals surface area contributed by atoms with E-state index in [1.807, 2.05) is 6.92 Å². The number of nitrogens with zero attached hydrogens (tertiary/aromatic N) is 4. The standard InChI is InChI=1S/C9H11N5O/c1-5-7-8(14-2-6(10)3-14)11-4-12-9(7)15-13-5/h4,6H,2-3,10H2,1H3. The Balaban J connectivity index is 2.13. The second-order valence-electron chi connectivity index (χ2n) is 3.81. The highest BCUT2D eigenvalue weighted by molar-refractivity contribution is 5.88. The predicted octanol–water partition coefficient (Wildman–Crippen LogP) is 0.0735. The zero-order valence-corrected chi connectivity index (χ0v) is 8.34. The van der Waals surface area contributed by atoms with E-state index in [2.05, 4.69) is 20.0 Å². The van der Waals surface area contributed by atoms with Gasteiger partial charge in [0.2, 0.25) is 0 Å². The molecule has 1 aliphatic heterocycles. The van der Waals surface area contributed by atoms with Crippen molar-refractivity contribution in [3.05, 3.63) is 12.0 Å². The number of rotatable bonds is 1. The number of hydrogen-bond acceptors (Lipinski definition) is 6. The molecule has 0 radical (unpaired) electrons. The average Bonchev–Trinajstić information content (AvgIpc) is 2.56. The molecule has 0 atom stereocenters. The summed E-state index contributed by atoms with van der Waals surface area (Å²) in [6.45, 7) is 3.55. The molecule has 0 unspecified atom stereocenters.